The number of amidine groups is 1. The number of nitrogens with zero attached hydrogens (tertiary/aromatic N) is 1. The number of nitrogens with one attached hydrogen (secondary N) is 2. The van der Waals surface area contributed by atoms with Crippen molar-refractivity contribution in [2.75, 3.05) is 11.9 Å². The lowest BCUT2D eigenvalue weighted by atomic mass is 10.2. The van der Waals surface area contributed by atoms with E-state index in [4.69, 9.17) is 4.74 Å². The molecule has 0 aliphatic carbocycles. The van der Waals surface area contributed by atoms with Crippen molar-refractivity contribution in [3.05, 3.63) is 64.6 Å². The first-order valence-electron chi connectivity index (χ1n) is 8.79. The van der Waals surface area contributed by atoms with Crippen molar-refractivity contribution < 1.29 is 19.1 Å². The third kappa shape index (κ3) is 5.79. The molecule has 1 heterocycles. The van der Waals surface area contributed by atoms with Gasteiger partial charge in [0.05, 0.1) is 4.91 Å². The quantitative estimate of drug-likeness (QED) is 0.740. The van der Waals surface area contributed by atoms with Gasteiger partial charge in [0.2, 0.25) is 5.91 Å². The average Bonchev–Trinajstić information content (AvgIpc) is 2.99. The summed E-state index contributed by atoms with van der Waals surface area (Å²) in [6.45, 7) is 3.11. The average molecular weight is 409 g/mol. The lowest BCUT2D eigenvalue weighted by molar-refractivity contribution is -0.118. The Kier molecular flexibility index (Phi) is 6.46. The molecular weight excluding hydrogens is 390 g/mol. The summed E-state index contributed by atoms with van der Waals surface area (Å²) >= 11 is 1.07. The van der Waals surface area contributed by atoms with Crippen molar-refractivity contribution in [3.8, 4) is 5.75 Å². The van der Waals surface area contributed by atoms with Crippen LogP contribution in [0.4, 0.5) is 5.69 Å². The summed E-state index contributed by atoms with van der Waals surface area (Å²) in [5.41, 5.74) is 2.37. The van der Waals surface area contributed by atoms with E-state index in [0.29, 0.717) is 21.9 Å². The molecule has 0 aromatic heterocycles. The molecule has 8 heteroatoms. The topological polar surface area (TPSA) is 96.9 Å². The number of thioether (sulfide) groups is 1. The van der Waals surface area contributed by atoms with E-state index in [1.54, 1.807) is 36.4 Å². The molecule has 0 radical (unpaired) electrons. The minimum absolute atomic E-state index is 0.178. The van der Waals surface area contributed by atoms with Crippen molar-refractivity contribution in [3.63, 3.8) is 0 Å². The fourth-order valence-corrected chi connectivity index (χ4v) is 3.40. The van der Waals surface area contributed by atoms with Gasteiger partial charge in [0.1, 0.15) is 5.75 Å². The minimum atomic E-state index is -0.439. The van der Waals surface area contributed by atoms with Gasteiger partial charge in [-0.25, -0.2) is 0 Å². The second kappa shape index (κ2) is 9.20. The van der Waals surface area contributed by atoms with E-state index in [-0.39, 0.29) is 23.6 Å². The molecule has 29 heavy (non-hydrogen) atoms. The summed E-state index contributed by atoms with van der Waals surface area (Å²) < 4.78 is 5.65. The summed E-state index contributed by atoms with van der Waals surface area (Å²) in [6, 6.07) is 14.5. The van der Waals surface area contributed by atoms with Crippen LogP contribution in [0.2, 0.25) is 0 Å². The largest absolute Gasteiger partial charge is 0.483 e. The molecule has 0 atom stereocenters. The molecule has 2 aromatic rings. The molecule has 1 aliphatic rings. The van der Waals surface area contributed by atoms with Gasteiger partial charge in [-0.2, -0.15) is 4.99 Å². The van der Waals surface area contributed by atoms with E-state index in [2.05, 4.69) is 15.6 Å². The van der Waals surface area contributed by atoms with Crippen LogP contribution in [0.5, 0.6) is 5.75 Å². The molecule has 3 rings (SSSR count). The highest BCUT2D eigenvalue weighted by Gasteiger charge is 2.23. The molecule has 0 saturated heterocycles. The second-order valence-corrected chi connectivity index (χ2v) is 7.29. The van der Waals surface area contributed by atoms with Gasteiger partial charge in [0, 0.05) is 18.2 Å². The van der Waals surface area contributed by atoms with Gasteiger partial charge in [-0.3, -0.25) is 14.4 Å². The fraction of sp³-hybridized carbons (Fsp3) is 0.143. The highest BCUT2D eigenvalue weighted by atomic mass is 32.2. The van der Waals surface area contributed by atoms with Gasteiger partial charge in [-0.1, -0.05) is 30.3 Å². The maximum Gasteiger partial charge on any atom is 0.286 e. The summed E-state index contributed by atoms with van der Waals surface area (Å²) in [5.74, 6) is -0.569. The molecule has 7 nitrogen and oxygen atoms in total. The molecule has 0 unspecified atom stereocenters. The van der Waals surface area contributed by atoms with E-state index >= 15 is 0 Å². The monoisotopic (exact) mass is 409 g/mol. The zero-order valence-electron chi connectivity index (χ0n) is 15.9. The summed E-state index contributed by atoms with van der Waals surface area (Å²) in [6.07, 6.45) is 1.62. The van der Waals surface area contributed by atoms with Crippen LogP contribution in [0.1, 0.15) is 18.1 Å². The molecular formula is C21H19N3O4S. The van der Waals surface area contributed by atoms with Crippen LogP contribution in [-0.2, 0) is 14.4 Å². The number of anilines is 1. The predicted octanol–water partition coefficient (Wildman–Crippen LogP) is 3.12. The number of rotatable bonds is 5. The third-order valence-electron chi connectivity index (χ3n) is 3.77. The van der Waals surface area contributed by atoms with E-state index in [1.165, 1.54) is 6.92 Å². The number of para-hydroxylation sites is 1. The lowest BCUT2D eigenvalue weighted by Gasteiger charge is -2.10. The molecule has 0 saturated carbocycles. The first kappa shape index (κ1) is 20.3. The van der Waals surface area contributed by atoms with Crippen molar-refractivity contribution in [2.24, 2.45) is 4.99 Å². The van der Waals surface area contributed by atoms with E-state index in [0.717, 1.165) is 17.3 Å². The maximum absolute atomic E-state index is 12.2. The maximum atomic E-state index is 12.2. The van der Waals surface area contributed by atoms with Gasteiger partial charge in [-0.05, 0) is 48.5 Å². The van der Waals surface area contributed by atoms with Crippen LogP contribution in [0.25, 0.3) is 6.08 Å². The fourth-order valence-electron chi connectivity index (χ4n) is 2.55. The Bertz CT molecular complexity index is 1030. The molecule has 1 aliphatic heterocycles. The number of hydrogen-bond acceptors (Lipinski definition) is 5. The number of carbonyl (C=O) groups is 3. The molecule has 0 bridgehead atoms. The van der Waals surface area contributed by atoms with Crippen molar-refractivity contribution in [1.82, 2.24) is 5.32 Å². The van der Waals surface area contributed by atoms with Gasteiger partial charge in [0.25, 0.3) is 11.8 Å². The predicted molar refractivity (Wildman–Crippen MR) is 114 cm³/mol. The number of carbonyl (C=O) groups excluding carboxylic acids is 3. The Morgan fingerprint density at radius 3 is 2.69 bits per heavy atom. The first-order chi connectivity index (χ1) is 13.9. The zero-order valence-corrected chi connectivity index (χ0v) is 16.7. The smallest absolute Gasteiger partial charge is 0.286 e. The Balaban J connectivity index is 1.66. The molecule has 148 valence electrons. The lowest BCUT2D eigenvalue weighted by Crippen LogP contribution is -2.23. The SMILES string of the molecule is CC(=O)NC1=NC(=O)C(=Cc2ccccc2OCC(=O)Nc2cccc(C)c2)S1. The normalized spacial score (nSPS) is 14.5. The molecule has 2 aromatic carbocycles. The van der Waals surface area contributed by atoms with Gasteiger partial charge >= 0.3 is 0 Å². The Labute approximate surface area is 172 Å². The zero-order chi connectivity index (χ0) is 20.8. The van der Waals surface area contributed by atoms with Gasteiger partial charge in [-0.15, -0.1) is 0 Å². The molecule has 3 amide bonds. The molecule has 2 N–H and O–H groups in total. The number of ether oxygens (including phenoxy) is 1. The van der Waals surface area contributed by atoms with Crippen LogP contribution < -0.4 is 15.4 Å². The summed E-state index contributed by atoms with van der Waals surface area (Å²) in [5, 5.41) is 5.52. The second-order valence-electron chi connectivity index (χ2n) is 6.26. The van der Waals surface area contributed by atoms with E-state index < -0.39 is 5.91 Å². The van der Waals surface area contributed by atoms with Crippen molar-refractivity contribution in [2.45, 2.75) is 13.8 Å². The highest BCUT2D eigenvalue weighted by Crippen LogP contribution is 2.30. The van der Waals surface area contributed by atoms with Crippen molar-refractivity contribution in [1.29, 1.82) is 0 Å². The van der Waals surface area contributed by atoms with Gasteiger partial charge < -0.3 is 15.4 Å². The summed E-state index contributed by atoms with van der Waals surface area (Å²) in [7, 11) is 0. The standard InChI is InChI=1S/C21H19N3O4S/c1-13-6-5-8-16(10-13)23-19(26)12-28-17-9-4-3-7-15(17)11-18-20(27)24-21(29-18)22-14(2)25/h3-11H,12H2,1-2H3,(H,23,26)(H,22,24,25,27). The highest BCUT2D eigenvalue weighted by molar-refractivity contribution is 8.18. The number of aliphatic imine (C=N–C) groups is 1. The van der Waals surface area contributed by atoms with Gasteiger partial charge in [0.15, 0.2) is 11.8 Å². The Morgan fingerprint density at radius 1 is 1.14 bits per heavy atom. The number of benzene rings is 2. The number of amides is 3. The van der Waals surface area contributed by atoms with Crippen molar-refractivity contribution >= 4 is 46.4 Å². The molecule has 0 fully saturated rings. The molecule has 0 spiro atoms. The third-order valence-corrected chi connectivity index (χ3v) is 4.67. The van der Waals surface area contributed by atoms with Crippen LogP contribution in [0.15, 0.2) is 58.4 Å². The Morgan fingerprint density at radius 2 is 1.93 bits per heavy atom. The van der Waals surface area contributed by atoms with Crippen LogP contribution in [-0.4, -0.2) is 29.5 Å². The number of aryl methyl sites for hydroxylation is 1. The van der Waals surface area contributed by atoms with Crippen LogP contribution in [0.3, 0.4) is 0 Å². The van der Waals surface area contributed by atoms with Crippen LogP contribution >= 0.6 is 11.8 Å². The number of hydrogen-bond donors (Lipinski definition) is 2. The van der Waals surface area contributed by atoms with Crippen LogP contribution in [0, 0.1) is 6.92 Å². The Hall–Kier alpha value is -3.39. The van der Waals surface area contributed by atoms with E-state index in [1.807, 2.05) is 25.1 Å². The van der Waals surface area contributed by atoms with E-state index in [9.17, 15) is 14.4 Å². The summed E-state index contributed by atoms with van der Waals surface area (Å²) in [4.78, 5) is 39.5. The first-order valence-corrected chi connectivity index (χ1v) is 9.61. The minimum Gasteiger partial charge on any atom is -0.483 e.